The van der Waals surface area contributed by atoms with Gasteiger partial charge in [-0.25, -0.2) is 24.3 Å². The molecule has 1 aromatic carbocycles. The molecule has 4 aromatic rings. The number of rotatable bonds is 7. The minimum absolute atomic E-state index is 0.286. The third-order valence-corrected chi connectivity index (χ3v) is 4.78. The summed E-state index contributed by atoms with van der Waals surface area (Å²) in [6.07, 6.45) is 3.32. The fourth-order valence-electron chi connectivity index (χ4n) is 3.14. The Balaban J connectivity index is 1.83. The maximum absolute atomic E-state index is 13.4. The van der Waals surface area contributed by atoms with Crippen molar-refractivity contribution in [2.45, 2.75) is 13.8 Å². The van der Waals surface area contributed by atoms with Crippen molar-refractivity contribution in [2.75, 3.05) is 24.7 Å². The van der Waals surface area contributed by atoms with Gasteiger partial charge >= 0.3 is 0 Å². The zero-order valence-electron chi connectivity index (χ0n) is 18.1. The lowest BCUT2D eigenvalue weighted by Gasteiger charge is -2.09. The summed E-state index contributed by atoms with van der Waals surface area (Å²) >= 11 is 0. The minimum Gasteiger partial charge on any atom is -0.493 e. The van der Waals surface area contributed by atoms with Crippen molar-refractivity contribution < 1.29 is 9.13 Å². The SMILES string of the molecule is COc1cc(-c2nc(-c3ccc(F)cc3)[nH]c2-c2ccnc(NCC(C)C)n2)cnc1N. The van der Waals surface area contributed by atoms with E-state index in [1.54, 1.807) is 36.7 Å². The van der Waals surface area contributed by atoms with Crippen LogP contribution in [0, 0.1) is 11.7 Å². The molecule has 0 unspecified atom stereocenters. The fourth-order valence-corrected chi connectivity index (χ4v) is 3.14. The monoisotopic (exact) mass is 433 g/mol. The van der Waals surface area contributed by atoms with Gasteiger partial charge < -0.3 is 20.8 Å². The number of nitrogen functional groups attached to an aromatic ring is 1. The predicted molar refractivity (Wildman–Crippen MR) is 123 cm³/mol. The average Bonchev–Trinajstić information content (AvgIpc) is 3.24. The van der Waals surface area contributed by atoms with Crippen LogP contribution in [0.1, 0.15) is 13.8 Å². The molecular weight excluding hydrogens is 409 g/mol. The smallest absolute Gasteiger partial charge is 0.223 e. The average molecular weight is 433 g/mol. The number of hydrogen-bond donors (Lipinski definition) is 3. The number of aromatic nitrogens is 5. The standard InChI is InChI=1S/C23H24FN7O/c1-13(2)11-28-23-26-9-8-17(29-23)20-19(15-10-18(32-3)21(25)27-12-15)30-22(31-20)14-4-6-16(24)7-5-14/h4-10,12-13H,11H2,1-3H3,(H2,25,27)(H,30,31)(H,26,28,29). The van der Waals surface area contributed by atoms with Crippen LogP contribution >= 0.6 is 0 Å². The molecule has 164 valence electrons. The number of halogens is 1. The van der Waals surface area contributed by atoms with E-state index in [9.17, 15) is 4.39 Å². The van der Waals surface area contributed by atoms with Crippen LogP contribution in [0.5, 0.6) is 5.75 Å². The van der Waals surface area contributed by atoms with Crippen molar-refractivity contribution in [1.82, 2.24) is 24.9 Å². The van der Waals surface area contributed by atoms with E-state index in [4.69, 9.17) is 15.5 Å². The van der Waals surface area contributed by atoms with Gasteiger partial charge in [-0.3, -0.25) is 0 Å². The number of imidazole rings is 1. The quantitative estimate of drug-likeness (QED) is 0.396. The molecule has 0 bridgehead atoms. The Morgan fingerprint density at radius 1 is 1.09 bits per heavy atom. The molecule has 3 heterocycles. The van der Waals surface area contributed by atoms with Crippen molar-refractivity contribution in [3.8, 4) is 39.8 Å². The zero-order valence-corrected chi connectivity index (χ0v) is 18.1. The highest BCUT2D eigenvalue weighted by atomic mass is 19.1. The molecule has 4 rings (SSSR count). The molecule has 0 saturated carbocycles. The lowest BCUT2D eigenvalue weighted by Crippen LogP contribution is -2.10. The Morgan fingerprint density at radius 3 is 2.59 bits per heavy atom. The topological polar surface area (TPSA) is 115 Å². The summed E-state index contributed by atoms with van der Waals surface area (Å²) in [6.45, 7) is 4.97. The molecule has 4 N–H and O–H groups in total. The molecule has 0 saturated heterocycles. The Morgan fingerprint density at radius 2 is 1.88 bits per heavy atom. The largest absolute Gasteiger partial charge is 0.493 e. The molecule has 0 fully saturated rings. The third kappa shape index (κ3) is 4.51. The highest BCUT2D eigenvalue weighted by Gasteiger charge is 2.18. The Kier molecular flexibility index (Phi) is 5.98. The van der Waals surface area contributed by atoms with E-state index in [0.717, 1.165) is 12.1 Å². The molecule has 3 aromatic heterocycles. The van der Waals surface area contributed by atoms with Gasteiger partial charge in [0.2, 0.25) is 5.95 Å². The number of H-pyrrole nitrogens is 1. The lowest BCUT2D eigenvalue weighted by molar-refractivity contribution is 0.415. The number of aromatic amines is 1. The van der Waals surface area contributed by atoms with Crippen LogP contribution in [0.3, 0.4) is 0 Å². The van der Waals surface area contributed by atoms with Crippen LogP contribution in [0.4, 0.5) is 16.2 Å². The highest BCUT2D eigenvalue weighted by Crippen LogP contribution is 2.34. The van der Waals surface area contributed by atoms with Crippen molar-refractivity contribution in [1.29, 1.82) is 0 Å². The summed E-state index contributed by atoms with van der Waals surface area (Å²) in [5, 5.41) is 3.24. The van der Waals surface area contributed by atoms with E-state index >= 15 is 0 Å². The normalized spacial score (nSPS) is 11.0. The van der Waals surface area contributed by atoms with E-state index in [0.29, 0.717) is 46.1 Å². The second kappa shape index (κ2) is 9.01. The van der Waals surface area contributed by atoms with Crippen LogP contribution in [-0.4, -0.2) is 38.6 Å². The van der Waals surface area contributed by atoms with Gasteiger partial charge in [0, 0.05) is 30.1 Å². The van der Waals surface area contributed by atoms with E-state index in [2.05, 4.69) is 39.1 Å². The lowest BCUT2D eigenvalue weighted by atomic mass is 10.1. The van der Waals surface area contributed by atoms with Crippen LogP contribution in [0.15, 0.2) is 48.8 Å². The predicted octanol–water partition coefficient (Wildman–Crippen LogP) is 4.39. The van der Waals surface area contributed by atoms with E-state index in [1.807, 2.05) is 0 Å². The number of nitrogens with zero attached hydrogens (tertiary/aromatic N) is 4. The van der Waals surface area contributed by atoms with Gasteiger partial charge in [-0.15, -0.1) is 0 Å². The van der Waals surface area contributed by atoms with E-state index in [-0.39, 0.29) is 11.6 Å². The van der Waals surface area contributed by atoms with Gasteiger partial charge in [-0.05, 0) is 42.3 Å². The number of hydrogen-bond acceptors (Lipinski definition) is 7. The summed E-state index contributed by atoms with van der Waals surface area (Å²) in [7, 11) is 1.53. The maximum atomic E-state index is 13.4. The Labute approximate surface area is 185 Å². The molecular formula is C23H24FN7O. The second-order valence-corrected chi connectivity index (χ2v) is 7.67. The van der Waals surface area contributed by atoms with Gasteiger partial charge in [0.05, 0.1) is 18.5 Å². The molecule has 9 heteroatoms. The Hall–Kier alpha value is -4.01. The summed E-state index contributed by atoms with van der Waals surface area (Å²) in [6, 6.07) is 9.69. The molecule has 0 spiro atoms. The first-order valence-electron chi connectivity index (χ1n) is 10.2. The summed E-state index contributed by atoms with van der Waals surface area (Å²) in [5.41, 5.74) is 9.26. The van der Waals surface area contributed by atoms with Crippen LogP contribution in [-0.2, 0) is 0 Å². The highest BCUT2D eigenvalue weighted by molar-refractivity contribution is 5.80. The molecule has 0 aliphatic carbocycles. The summed E-state index contributed by atoms with van der Waals surface area (Å²) in [4.78, 5) is 21.3. The zero-order chi connectivity index (χ0) is 22.7. The number of anilines is 2. The number of nitrogens with one attached hydrogen (secondary N) is 2. The van der Waals surface area contributed by atoms with Crippen molar-refractivity contribution in [3.63, 3.8) is 0 Å². The minimum atomic E-state index is -0.315. The maximum Gasteiger partial charge on any atom is 0.223 e. The summed E-state index contributed by atoms with van der Waals surface area (Å²) in [5.74, 6) is 1.96. The van der Waals surface area contributed by atoms with Gasteiger partial charge in [0.15, 0.2) is 11.6 Å². The molecule has 32 heavy (non-hydrogen) atoms. The first-order valence-corrected chi connectivity index (χ1v) is 10.2. The van der Waals surface area contributed by atoms with Gasteiger partial charge in [0.1, 0.15) is 17.3 Å². The first-order chi connectivity index (χ1) is 15.4. The number of nitrogens with two attached hydrogens (primary N) is 1. The van der Waals surface area contributed by atoms with Crippen molar-refractivity contribution in [2.24, 2.45) is 5.92 Å². The molecule has 0 aliphatic heterocycles. The molecule has 0 atom stereocenters. The number of methoxy groups -OCH3 is 1. The number of pyridine rings is 1. The molecule has 0 aliphatic rings. The van der Waals surface area contributed by atoms with E-state index < -0.39 is 0 Å². The second-order valence-electron chi connectivity index (χ2n) is 7.67. The Bertz CT molecular complexity index is 1220. The van der Waals surface area contributed by atoms with Gasteiger partial charge in [-0.2, -0.15) is 0 Å². The van der Waals surface area contributed by atoms with Crippen LogP contribution in [0.2, 0.25) is 0 Å². The van der Waals surface area contributed by atoms with E-state index in [1.165, 1.54) is 19.2 Å². The van der Waals surface area contributed by atoms with Crippen LogP contribution < -0.4 is 15.8 Å². The molecule has 8 nitrogen and oxygen atoms in total. The van der Waals surface area contributed by atoms with Crippen molar-refractivity contribution >= 4 is 11.8 Å². The molecule has 0 amide bonds. The van der Waals surface area contributed by atoms with Gasteiger partial charge in [-0.1, -0.05) is 13.8 Å². The van der Waals surface area contributed by atoms with Crippen LogP contribution in [0.25, 0.3) is 34.0 Å². The fraction of sp³-hybridized carbons (Fsp3) is 0.217. The number of benzene rings is 1. The van der Waals surface area contributed by atoms with Crippen molar-refractivity contribution in [3.05, 3.63) is 54.6 Å². The van der Waals surface area contributed by atoms with Gasteiger partial charge in [0.25, 0.3) is 0 Å². The molecule has 0 radical (unpaired) electrons. The third-order valence-electron chi connectivity index (χ3n) is 4.78. The first kappa shape index (κ1) is 21.2. The summed E-state index contributed by atoms with van der Waals surface area (Å²) < 4.78 is 18.8. The number of ether oxygens (including phenoxy) is 1.